The third-order valence-corrected chi connectivity index (χ3v) is 3.94. The smallest absolute Gasteiger partial charge is 0.328 e. The van der Waals surface area contributed by atoms with Crippen LogP contribution in [0.2, 0.25) is 0 Å². The molecule has 1 N–H and O–H groups in total. The van der Waals surface area contributed by atoms with Gasteiger partial charge in [0.25, 0.3) is 0 Å². The van der Waals surface area contributed by atoms with Crippen LogP contribution in [0.5, 0.6) is 0 Å². The highest BCUT2D eigenvalue weighted by molar-refractivity contribution is 7.09. The summed E-state index contributed by atoms with van der Waals surface area (Å²) in [5.74, 6) is -0.937. The zero-order valence-corrected chi connectivity index (χ0v) is 13.1. The van der Waals surface area contributed by atoms with Crippen LogP contribution in [0, 0.1) is 13.8 Å². The molecule has 0 radical (unpaired) electrons. The van der Waals surface area contributed by atoms with Gasteiger partial charge in [0.05, 0.1) is 17.2 Å². The molecule has 0 spiro atoms. The largest absolute Gasteiger partial charge is 0.478 e. The van der Waals surface area contributed by atoms with E-state index >= 15 is 0 Å². The maximum atomic E-state index is 10.5. The highest BCUT2D eigenvalue weighted by Gasteiger charge is 2.07. The highest BCUT2D eigenvalue weighted by atomic mass is 32.1. The zero-order valence-electron chi connectivity index (χ0n) is 12.3. The van der Waals surface area contributed by atoms with Crippen molar-refractivity contribution >= 4 is 29.1 Å². The maximum Gasteiger partial charge on any atom is 0.328 e. The highest BCUT2D eigenvalue weighted by Crippen LogP contribution is 2.23. The van der Waals surface area contributed by atoms with E-state index in [9.17, 15) is 4.79 Å². The van der Waals surface area contributed by atoms with E-state index in [2.05, 4.69) is 15.3 Å². The van der Waals surface area contributed by atoms with E-state index in [0.29, 0.717) is 0 Å². The molecule has 21 heavy (non-hydrogen) atoms. The first-order chi connectivity index (χ1) is 9.95. The number of hydrogen-bond donors (Lipinski definition) is 1. The summed E-state index contributed by atoms with van der Waals surface area (Å²) in [5, 5.41) is 11.8. The number of carbonyl (C=O) groups is 1. The summed E-state index contributed by atoms with van der Waals surface area (Å²) in [6.45, 7) is 4.79. The van der Waals surface area contributed by atoms with Crippen molar-refractivity contribution in [3.63, 3.8) is 0 Å². The number of carboxylic acid groups (broad SMARTS) is 1. The molecule has 0 aliphatic rings. The standard InChI is InChI=1S/C16H18N2O2S/c1-11-8-13(5-7-16(19)20)4-6-15(11)18(3)9-14-10-21-12(2)17-14/h4-8,10H,9H2,1-3H3,(H,19,20). The van der Waals surface area contributed by atoms with Gasteiger partial charge in [-0.05, 0) is 43.2 Å². The van der Waals surface area contributed by atoms with E-state index < -0.39 is 5.97 Å². The van der Waals surface area contributed by atoms with Crippen LogP contribution in [0.1, 0.15) is 21.8 Å². The van der Waals surface area contributed by atoms with Crippen molar-refractivity contribution in [1.82, 2.24) is 4.98 Å². The average Bonchev–Trinajstić information content (AvgIpc) is 2.81. The second kappa shape index (κ2) is 6.54. The Balaban J connectivity index is 2.14. The first-order valence-corrected chi connectivity index (χ1v) is 7.47. The predicted octanol–water partition coefficient (Wildman–Crippen LogP) is 3.49. The van der Waals surface area contributed by atoms with Gasteiger partial charge in [-0.1, -0.05) is 6.07 Å². The Bertz CT molecular complexity index is 677. The van der Waals surface area contributed by atoms with Gasteiger partial charge in [0, 0.05) is 24.2 Å². The minimum atomic E-state index is -0.937. The summed E-state index contributed by atoms with van der Waals surface area (Å²) in [5.41, 5.74) is 4.18. The van der Waals surface area contributed by atoms with Crippen molar-refractivity contribution < 1.29 is 9.90 Å². The molecule has 4 nitrogen and oxygen atoms in total. The van der Waals surface area contributed by atoms with Crippen LogP contribution in [0.25, 0.3) is 6.08 Å². The molecule has 1 aromatic heterocycles. The van der Waals surface area contributed by atoms with E-state index in [0.717, 1.165) is 40.1 Å². The molecule has 0 bridgehead atoms. The minimum Gasteiger partial charge on any atom is -0.478 e. The molecule has 0 unspecified atom stereocenters. The predicted molar refractivity (Wildman–Crippen MR) is 86.8 cm³/mol. The van der Waals surface area contributed by atoms with Crippen LogP contribution >= 0.6 is 11.3 Å². The van der Waals surface area contributed by atoms with E-state index in [1.54, 1.807) is 17.4 Å². The Morgan fingerprint density at radius 1 is 1.43 bits per heavy atom. The Kier molecular flexibility index (Phi) is 4.75. The summed E-state index contributed by atoms with van der Waals surface area (Å²) >= 11 is 1.66. The third-order valence-electron chi connectivity index (χ3n) is 3.12. The number of rotatable bonds is 5. The van der Waals surface area contributed by atoms with Gasteiger partial charge in [-0.3, -0.25) is 0 Å². The van der Waals surface area contributed by atoms with Gasteiger partial charge in [-0.15, -0.1) is 11.3 Å². The number of benzene rings is 1. The summed E-state index contributed by atoms with van der Waals surface area (Å²) < 4.78 is 0. The van der Waals surface area contributed by atoms with Crippen molar-refractivity contribution in [3.05, 3.63) is 51.5 Å². The van der Waals surface area contributed by atoms with Crippen molar-refractivity contribution in [1.29, 1.82) is 0 Å². The summed E-state index contributed by atoms with van der Waals surface area (Å²) in [7, 11) is 2.03. The normalized spacial score (nSPS) is 11.0. The number of hydrogen-bond acceptors (Lipinski definition) is 4. The molecule has 1 heterocycles. The Morgan fingerprint density at radius 3 is 2.76 bits per heavy atom. The summed E-state index contributed by atoms with van der Waals surface area (Å²) in [6, 6.07) is 5.91. The van der Waals surface area contributed by atoms with Crippen LogP contribution < -0.4 is 4.90 Å². The molecular formula is C16H18N2O2S. The molecular weight excluding hydrogens is 284 g/mol. The lowest BCUT2D eigenvalue weighted by Crippen LogP contribution is -2.17. The Labute approximate surface area is 128 Å². The van der Waals surface area contributed by atoms with Crippen LogP contribution in [0.4, 0.5) is 5.69 Å². The lowest BCUT2D eigenvalue weighted by atomic mass is 10.1. The van der Waals surface area contributed by atoms with Gasteiger partial charge < -0.3 is 10.0 Å². The van der Waals surface area contributed by atoms with Crippen LogP contribution in [-0.2, 0) is 11.3 Å². The van der Waals surface area contributed by atoms with E-state index in [1.165, 1.54) is 0 Å². The number of aryl methyl sites for hydroxylation is 2. The first-order valence-electron chi connectivity index (χ1n) is 6.59. The fourth-order valence-electron chi connectivity index (χ4n) is 2.19. The second-order valence-electron chi connectivity index (χ2n) is 4.93. The monoisotopic (exact) mass is 302 g/mol. The van der Waals surface area contributed by atoms with Crippen LogP contribution in [0.3, 0.4) is 0 Å². The molecule has 0 saturated carbocycles. The van der Waals surface area contributed by atoms with E-state index in [1.807, 2.05) is 39.1 Å². The molecule has 2 rings (SSSR count). The summed E-state index contributed by atoms with van der Waals surface area (Å²) in [4.78, 5) is 17.2. The quantitative estimate of drug-likeness (QED) is 0.859. The Hall–Kier alpha value is -2.14. The fraction of sp³-hybridized carbons (Fsp3) is 0.250. The zero-order chi connectivity index (χ0) is 15.4. The number of anilines is 1. The van der Waals surface area contributed by atoms with Crippen LogP contribution in [0.15, 0.2) is 29.7 Å². The molecule has 5 heteroatoms. The van der Waals surface area contributed by atoms with Gasteiger partial charge in [0.2, 0.25) is 0 Å². The van der Waals surface area contributed by atoms with Crippen LogP contribution in [-0.4, -0.2) is 23.1 Å². The summed E-state index contributed by atoms with van der Waals surface area (Å²) in [6.07, 6.45) is 2.75. The van der Waals surface area contributed by atoms with Gasteiger partial charge in [0.1, 0.15) is 0 Å². The number of nitrogens with zero attached hydrogens (tertiary/aromatic N) is 2. The SMILES string of the molecule is Cc1nc(CN(C)c2ccc(C=CC(=O)O)cc2C)cs1. The van der Waals surface area contributed by atoms with Crippen molar-refractivity contribution in [2.24, 2.45) is 0 Å². The lowest BCUT2D eigenvalue weighted by Gasteiger charge is -2.20. The number of aliphatic carboxylic acids is 1. The molecule has 0 atom stereocenters. The minimum absolute atomic E-state index is 0.759. The molecule has 0 aliphatic carbocycles. The van der Waals surface area contributed by atoms with Crippen molar-refractivity contribution in [3.8, 4) is 0 Å². The molecule has 2 aromatic rings. The lowest BCUT2D eigenvalue weighted by molar-refractivity contribution is -0.131. The number of aromatic nitrogens is 1. The fourth-order valence-corrected chi connectivity index (χ4v) is 2.79. The topological polar surface area (TPSA) is 53.4 Å². The first kappa shape index (κ1) is 15.3. The van der Waals surface area contributed by atoms with Crippen molar-refractivity contribution in [2.75, 3.05) is 11.9 Å². The Morgan fingerprint density at radius 2 is 2.19 bits per heavy atom. The molecule has 1 aromatic carbocycles. The second-order valence-corrected chi connectivity index (χ2v) is 5.99. The average molecular weight is 302 g/mol. The third kappa shape index (κ3) is 4.16. The molecule has 0 amide bonds. The maximum absolute atomic E-state index is 10.5. The molecule has 0 aliphatic heterocycles. The molecule has 110 valence electrons. The van der Waals surface area contributed by atoms with Gasteiger partial charge in [-0.2, -0.15) is 0 Å². The molecule has 0 saturated heterocycles. The molecule has 0 fully saturated rings. The number of carboxylic acids is 1. The van der Waals surface area contributed by atoms with E-state index in [4.69, 9.17) is 5.11 Å². The van der Waals surface area contributed by atoms with Gasteiger partial charge in [0.15, 0.2) is 0 Å². The van der Waals surface area contributed by atoms with Gasteiger partial charge >= 0.3 is 5.97 Å². The number of thiazole rings is 1. The van der Waals surface area contributed by atoms with Gasteiger partial charge in [-0.25, -0.2) is 9.78 Å². The van der Waals surface area contributed by atoms with Crippen molar-refractivity contribution in [2.45, 2.75) is 20.4 Å². The van der Waals surface area contributed by atoms with E-state index in [-0.39, 0.29) is 0 Å².